The Hall–Kier alpha value is -1.75. The molecule has 4 nitrogen and oxygen atoms in total. The van der Waals surface area contributed by atoms with Crippen LogP contribution in [0.3, 0.4) is 0 Å². The molecule has 2 N–H and O–H groups in total. The molecule has 0 aliphatic rings. The Morgan fingerprint density at radius 2 is 2.06 bits per heavy atom. The molecule has 0 fully saturated rings. The second-order valence-corrected chi connectivity index (χ2v) is 4.66. The first-order valence-electron chi connectivity index (χ1n) is 5.06. The Bertz CT molecular complexity index is 588. The molecule has 1 aromatic heterocycles. The van der Waals surface area contributed by atoms with Gasteiger partial charge in [0.25, 0.3) is 0 Å². The molecule has 1 aromatic carbocycles. The lowest BCUT2D eigenvalue weighted by atomic mass is 10.2. The molecule has 0 bridgehead atoms. The molecule has 0 aliphatic carbocycles. The number of ketones is 1. The molecular formula is C12H11NO3S. The molecule has 2 aromatic rings. The molecule has 0 aliphatic heterocycles. The average Bonchev–Trinajstić information content (AvgIpc) is 2.65. The molecule has 17 heavy (non-hydrogen) atoms. The highest BCUT2D eigenvalue weighted by molar-refractivity contribution is 8.00. The number of H-pyrrole nitrogens is 1. The first-order chi connectivity index (χ1) is 8.09. The van der Waals surface area contributed by atoms with Crippen LogP contribution >= 0.6 is 11.8 Å². The standard InChI is InChI=1S/C12H11NO3S/c1-7(14)6-17-11-8-4-2-3-5-9(8)13-10(11)12(15)16/h2-5,13H,6H2,1H3,(H,15,16). The molecule has 5 heteroatoms. The average molecular weight is 249 g/mol. The van der Waals surface area contributed by atoms with Crippen LogP contribution in [0.25, 0.3) is 10.9 Å². The fraction of sp³-hybridized carbons (Fsp3) is 0.167. The van der Waals surface area contributed by atoms with E-state index < -0.39 is 5.97 Å². The van der Waals surface area contributed by atoms with E-state index in [0.717, 1.165) is 10.9 Å². The summed E-state index contributed by atoms with van der Waals surface area (Å²) in [4.78, 5) is 25.6. The van der Waals surface area contributed by atoms with Crippen molar-refractivity contribution in [3.8, 4) is 0 Å². The van der Waals surface area contributed by atoms with Crippen LogP contribution in [-0.2, 0) is 4.79 Å². The fourth-order valence-corrected chi connectivity index (χ4v) is 2.55. The van der Waals surface area contributed by atoms with Gasteiger partial charge in [0.15, 0.2) is 0 Å². The first kappa shape index (κ1) is 11.7. The third-order valence-corrected chi connectivity index (χ3v) is 3.56. The van der Waals surface area contributed by atoms with Gasteiger partial charge in [-0.2, -0.15) is 0 Å². The van der Waals surface area contributed by atoms with Crippen LogP contribution < -0.4 is 0 Å². The Balaban J connectivity index is 2.51. The lowest BCUT2D eigenvalue weighted by Gasteiger charge is -1.99. The molecule has 1 heterocycles. The molecule has 0 spiro atoms. The summed E-state index contributed by atoms with van der Waals surface area (Å²) in [5.41, 5.74) is 0.924. The van der Waals surface area contributed by atoms with E-state index in [1.54, 1.807) is 0 Å². The van der Waals surface area contributed by atoms with Crippen molar-refractivity contribution in [1.29, 1.82) is 0 Å². The number of Topliss-reactive ketones (excluding diaryl/α,β-unsaturated/α-hetero) is 1. The van der Waals surface area contributed by atoms with Gasteiger partial charge in [0.05, 0.1) is 5.75 Å². The Morgan fingerprint density at radius 3 is 2.71 bits per heavy atom. The second kappa shape index (κ2) is 4.63. The summed E-state index contributed by atoms with van der Waals surface area (Å²) in [6.45, 7) is 1.49. The highest BCUT2D eigenvalue weighted by atomic mass is 32.2. The van der Waals surface area contributed by atoms with Crippen molar-refractivity contribution in [2.45, 2.75) is 11.8 Å². The van der Waals surface area contributed by atoms with Gasteiger partial charge in [-0.15, -0.1) is 11.8 Å². The van der Waals surface area contributed by atoms with E-state index in [2.05, 4.69) is 4.98 Å². The maximum Gasteiger partial charge on any atom is 0.353 e. The topological polar surface area (TPSA) is 70.2 Å². The van der Waals surface area contributed by atoms with Gasteiger partial charge in [-0.1, -0.05) is 18.2 Å². The zero-order valence-electron chi connectivity index (χ0n) is 9.19. The number of fused-ring (bicyclic) bond motifs is 1. The lowest BCUT2D eigenvalue weighted by molar-refractivity contribution is -0.114. The van der Waals surface area contributed by atoms with E-state index in [4.69, 9.17) is 5.11 Å². The van der Waals surface area contributed by atoms with Crippen LogP contribution in [0.15, 0.2) is 29.2 Å². The van der Waals surface area contributed by atoms with Gasteiger partial charge in [0.1, 0.15) is 11.5 Å². The third-order valence-electron chi connectivity index (χ3n) is 2.29. The van der Waals surface area contributed by atoms with Crippen molar-refractivity contribution in [2.24, 2.45) is 0 Å². The molecule has 88 valence electrons. The monoisotopic (exact) mass is 249 g/mol. The van der Waals surface area contributed by atoms with Crippen LogP contribution in [0.4, 0.5) is 0 Å². The van der Waals surface area contributed by atoms with Crippen LogP contribution in [0.5, 0.6) is 0 Å². The van der Waals surface area contributed by atoms with Gasteiger partial charge in [0.2, 0.25) is 0 Å². The Labute approximate surface area is 102 Å². The molecule has 0 atom stereocenters. The van der Waals surface area contributed by atoms with Crippen LogP contribution in [0.1, 0.15) is 17.4 Å². The van der Waals surface area contributed by atoms with E-state index >= 15 is 0 Å². The normalized spacial score (nSPS) is 10.6. The molecule has 0 saturated carbocycles. The Morgan fingerprint density at radius 1 is 1.35 bits per heavy atom. The summed E-state index contributed by atoms with van der Waals surface area (Å²) < 4.78 is 0. The SMILES string of the molecule is CC(=O)CSc1c(C(=O)O)[nH]c2ccccc12. The highest BCUT2D eigenvalue weighted by Gasteiger charge is 2.17. The molecule has 0 amide bonds. The smallest absolute Gasteiger partial charge is 0.353 e. The van der Waals surface area contributed by atoms with Crippen molar-refractivity contribution in [2.75, 3.05) is 5.75 Å². The van der Waals surface area contributed by atoms with Gasteiger partial charge in [-0.05, 0) is 13.0 Å². The van der Waals surface area contributed by atoms with E-state index in [-0.39, 0.29) is 17.2 Å². The second-order valence-electron chi connectivity index (χ2n) is 3.67. The summed E-state index contributed by atoms with van der Waals surface area (Å²) in [7, 11) is 0. The number of hydrogen-bond donors (Lipinski definition) is 2. The van der Waals surface area contributed by atoms with Gasteiger partial charge in [-0.3, -0.25) is 4.79 Å². The summed E-state index contributed by atoms with van der Waals surface area (Å²) in [5, 5.41) is 9.95. The zero-order chi connectivity index (χ0) is 12.4. The maximum atomic E-state index is 11.1. The summed E-state index contributed by atoms with van der Waals surface area (Å²) in [6.07, 6.45) is 0. The van der Waals surface area contributed by atoms with Crippen molar-refractivity contribution in [3.05, 3.63) is 30.0 Å². The van der Waals surface area contributed by atoms with Crippen LogP contribution in [-0.4, -0.2) is 27.6 Å². The van der Waals surface area contributed by atoms with Crippen LogP contribution in [0, 0.1) is 0 Å². The molecular weight excluding hydrogens is 238 g/mol. The van der Waals surface area contributed by atoms with E-state index in [1.165, 1.54) is 18.7 Å². The van der Waals surface area contributed by atoms with Crippen molar-refractivity contribution >= 4 is 34.4 Å². The molecule has 2 rings (SSSR count). The van der Waals surface area contributed by atoms with Gasteiger partial charge in [0, 0.05) is 15.8 Å². The van der Waals surface area contributed by atoms with Crippen molar-refractivity contribution < 1.29 is 14.7 Å². The minimum Gasteiger partial charge on any atom is -0.477 e. The predicted molar refractivity (Wildman–Crippen MR) is 66.7 cm³/mol. The number of aromatic carboxylic acids is 1. The lowest BCUT2D eigenvalue weighted by Crippen LogP contribution is -2.00. The number of rotatable bonds is 4. The highest BCUT2D eigenvalue weighted by Crippen LogP contribution is 2.31. The number of thioether (sulfide) groups is 1. The van der Waals surface area contributed by atoms with Gasteiger partial charge < -0.3 is 10.1 Å². The first-order valence-corrected chi connectivity index (χ1v) is 6.04. The van der Waals surface area contributed by atoms with Crippen molar-refractivity contribution in [1.82, 2.24) is 4.98 Å². The minimum atomic E-state index is -1.01. The number of para-hydroxylation sites is 1. The summed E-state index contributed by atoms with van der Waals surface area (Å²) in [5.74, 6) is -0.703. The molecule has 0 saturated heterocycles. The largest absolute Gasteiger partial charge is 0.477 e. The predicted octanol–water partition coefficient (Wildman–Crippen LogP) is 2.55. The van der Waals surface area contributed by atoms with E-state index in [9.17, 15) is 9.59 Å². The molecule has 0 unspecified atom stereocenters. The minimum absolute atomic E-state index is 0.0246. The third kappa shape index (κ3) is 2.34. The van der Waals surface area contributed by atoms with E-state index in [1.807, 2.05) is 24.3 Å². The zero-order valence-corrected chi connectivity index (χ0v) is 10.0. The number of carboxylic acid groups (broad SMARTS) is 1. The number of aromatic nitrogens is 1. The quantitative estimate of drug-likeness (QED) is 0.817. The number of carbonyl (C=O) groups excluding carboxylic acids is 1. The number of carbonyl (C=O) groups is 2. The summed E-state index contributed by atoms with van der Waals surface area (Å²) >= 11 is 1.26. The number of benzene rings is 1. The Kier molecular flexibility index (Phi) is 3.19. The van der Waals surface area contributed by atoms with Gasteiger partial charge in [-0.25, -0.2) is 4.79 Å². The summed E-state index contributed by atoms with van der Waals surface area (Å²) in [6, 6.07) is 7.35. The number of carboxylic acids is 1. The van der Waals surface area contributed by atoms with Crippen molar-refractivity contribution in [3.63, 3.8) is 0 Å². The maximum absolute atomic E-state index is 11.1. The van der Waals surface area contributed by atoms with Gasteiger partial charge >= 0.3 is 5.97 Å². The van der Waals surface area contributed by atoms with E-state index in [0.29, 0.717) is 4.90 Å². The molecule has 0 radical (unpaired) electrons. The van der Waals surface area contributed by atoms with Crippen LogP contribution in [0.2, 0.25) is 0 Å². The number of aromatic amines is 1. The fourth-order valence-electron chi connectivity index (χ4n) is 1.59. The number of nitrogens with one attached hydrogen (secondary N) is 1. The number of hydrogen-bond acceptors (Lipinski definition) is 3.